The summed E-state index contributed by atoms with van der Waals surface area (Å²) < 4.78 is 15.5. The third-order valence-corrected chi connectivity index (χ3v) is 4.60. The monoisotopic (exact) mass is 415 g/mol. The van der Waals surface area contributed by atoms with Gasteiger partial charge in [-0.1, -0.05) is 41.9 Å². The van der Waals surface area contributed by atoms with Gasteiger partial charge in [0.2, 0.25) is 6.79 Å². The summed E-state index contributed by atoms with van der Waals surface area (Å²) in [5, 5.41) is 3.23. The average molecular weight is 416 g/mol. The molecule has 152 valence electrons. The normalized spacial score (nSPS) is 13.3. The van der Waals surface area contributed by atoms with E-state index in [9.17, 15) is 9.59 Å². The molecule has 1 heterocycles. The van der Waals surface area contributed by atoms with Crippen molar-refractivity contribution in [1.29, 1.82) is 0 Å². The minimum Gasteiger partial charge on any atom is -0.454 e. The molecule has 0 saturated heterocycles. The molecule has 6 nitrogen and oxygen atoms in total. The number of rotatable bonds is 8. The fourth-order valence-corrected chi connectivity index (χ4v) is 3.12. The van der Waals surface area contributed by atoms with Crippen LogP contribution < -0.4 is 14.8 Å². The Morgan fingerprint density at radius 2 is 2.03 bits per heavy atom. The standard InChI is InChI=1S/C22H22ClNO5/c1-15(7-8-16-5-3-2-4-6-16)24-20(25)13-27-21(26)10-9-17-11-18(23)22-19(12-17)28-14-29-22/h2-6,9-12,15H,7-8,13-14H2,1H3,(H,24,25)/b10-9+/t15-/m0/s1. The van der Waals surface area contributed by atoms with Crippen LogP contribution in [0.5, 0.6) is 11.5 Å². The molecule has 0 unspecified atom stereocenters. The molecule has 1 N–H and O–H groups in total. The van der Waals surface area contributed by atoms with Crippen LogP contribution in [0.3, 0.4) is 0 Å². The van der Waals surface area contributed by atoms with Crippen LogP contribution in [0.2, 0.25) is 5.02 Å². The Hall–Kier alpha value is -2.99. The molecule has 2 aromatic rings. The van der Waals surface area contributed by atoms with E-state index in [1.807, 2.05) is 25.1 Å². The van der Waals surface area contributed by atoms with Crippen molar-refractivity contribution in [1.82, 2.24) is 5.32 Å². The van der Waals surface area contributed by atoms with Gasteiger partial charge in [-0.15, -0.1) is 0 Å². The van der Waals surface area contributed by atoms with Crippen LogP contribution in [0.1, 0.15) is 24.5 Å². The lowest BCUT2D eigenvalue weighted by atomic mass is 10.1. The third-order valence-electron chi connectivity index (χ3n) is 4.32. The zero-order valence-corrected chi connectivity index (χ0v) is 16.8. The van der Waals surface area contributed by atoms with Gasteiger partial charge < -0.3 is 19.5 Å². The van der Waals surface area contributed by atoms with Crippen molar-refractivity contribution in [2.45, 2.75) is 25.8 Å². The molecule has 0 spiro atoms. The highest BCUT2D eigenvalue weighted by Gasteiger charge is 2.17. The number of ether oxygens (including phenoxy) is 3. The summed E-state index contributed by atoms with van der Waals surface area (Å²) in [5.41, 5.74) is 1.88. The Balaban J connectivity index is 1.40. The Morgan fingerprint density at radius 3 is 2.83 bits per heavy atom. The molecule has 1 aliphatic rings. The van der Waals surface area contributed by atoms with Gasteiger partial charge in [0.05, 0.1) is 5.02 Å². The van der Waals surface area contributed by atoms with E-state index in [0.717, 1.165) is 12.8 Å². The van der Waals surface area contributed by atoms with Crippen LogP contribution in [0, 0.1) is 0 Å². The number of nitrogens with one attached hydrogen (secondary N) is 1. The Kier molecular flexibility index (Phi) is 7.14. The lowest BCUT2D eigenvalue weighted by Gasteiger charge is -2.13. The molecule has 1 amide bonds. The summed E-state index contributed by atoms with van der Waals surface area (Å²) in [6.45, 7) is 1.70. The van der Waals surface area contributed by atoms with Gasteiger partial charge in [0.1, 0.15) is 0 Å². The van der Waals surface area contributed by atoms with Crippen molar-refractivity contribution in [3.63, 3.8) is 0 Å². The maximum atomic E-state index is 12.0. The Bertz CT molecular complexity index is 898. The Labute approximate surface area is 174 Å². The van der Waals surface area contributed by atoms with Crippen molar-refractivity contribution in [3.8, 4) is 11.5 Å². The smallest absolute Gasteiger partial charge is 0.331 e. The van der Waals surface area contributed by atoms with Crippen molar-refractivity contribution in [2.24, 2.45) is 0 Å². The van der Waals surface area contributed by atoms with Crippen LogP contribution >= 0.6 is 11.6 Å². The zero-order chi connectivity index (χ0) is 20.6. The largest absolute Gasteiger partial charge is 0.454 e. The highest BCUT2D eigenvalue weighted by atomic mass is 35.5. The number of aryl methyl sites for hydroxylation is 1. The summed E-state index contributed by atoms with van der Waals surface area (Å²) >= 11 is 6.10. The fraction of sp³-hybridized carbons (Fsp3) is 0.273. The van der Waals surface area contributed by atoms with Crippen LogP contribution in [0.25, 0.3) is 6.08 Å². The van der Waals surface area contributed by atoms with E-state index in [2.05, 4.69) is 17.4 Å². The van der Waals surface area contributed by atoms with Gasteiger partial charge in [-0.25, -0.2) is 4.79 Å². The minimum absolute atomic E-state index is 0.0206. The molecule has 3 rings (SSSR count). The van der Waals surface area contributed by atoms with Gasteiger partial charge in [0.25, 0.3) is 5.91 Å². The molecule has 1 atom stereocenters. The van der Waals surface area contributed by atoms with Crippen molar-refractivity contribution in [2.75, 3.05) is 13.4 Å². The van der Waals surface area contributed by atoms with Gasteiger partial charge in [-0.2, -0.15) is 0 Å². The SMILES string of the molecule is C[C@@H](CCc1ccccc1)NC(=O)COC(=O)/C=C/c1cc(Cl)c2c(c1)OCO2. The number of hydrogen-bond acceptors (Lipinski definition) is 5. The number of hydrogen-bond donors (Lipinski definition) is 1. The van der Waals surface area contributed by atoms with Gasteiger partial charge in [-0.05, 0) is 49.1 Å². The molecule has 0 saturated carbocycles. The molecule has 0 radical (unpaired) electrons. The van der Waals surface area contributed by atoms with E-state index in [1.54, 1.807) is 12.1 Å². The fourth-order valence-electron chi connectivity index (χ4n) is 2.85. The predicted octanol–water partition coefficient (Wildman–Crippen LogP) is 3.76. The number of esters is 1. The maximum absolute atomic E-state index is 12.0. The molecular formula is C22H22ClNO5. The van der Waals surface area contributed by atoms with Crippen molar-refractivity contribution < 1.29 is 23.8 Å². The molecule has 0 fully saturated rings. The second kappa shape index (κ2) is 9.98. The van der Waals surface area contributed by atoms with Gasteiger partial charge >= 0.3 is 5.97 Å². The predicted molar refractivity (Wildman–Crippen MR) is 110 cm³/mol. The summed E-state index contributed by atoms with van der Waals surface area (Å²) in [4.78, 5) is 23.8. The van der Waals surface area contributed by atoms with Crippen molar-refractivity contribution in [3.05, 3.63) is 64.7 Å². The molecular weight excluding hydrogens is 394 g/mol. The van der Waals surface area contributed by atoms with Crippen LogP contribution in [-0.4, -0.2) is 31.3 Å². The molecule has 29 heavy (non-hydrogen) atoms. The lowest BCUT2D eigenvalue weighted by Crippen LogP contribution is -2.36. The van der Waals surface area contributed by atoms with E-state index < -0.39 is 5.97 Å². The minimum atomic E-state index is -0.620. The molecule has 1 aliphatic heterocycles. The first kappa shape index (κ1) is 20.7. The summed E-state index contributed by atoms with van der Waals surface area (Å²) in [6.07, 6.45) is 4.44. The topological polar surface area (TPSA) is 73.9 Å². The van der Waals surface area contributed by atoms with Gasteiger partial charge in [0.15, 0.2) is 18.1 Å². The van der Waals surface area contributed by atoms with Crippen LogP contribution in [-0.2, 0) is 20.7 Å². The molecule has 0 bridgehead atoms. The number of halogens is 1. The third kappa shape index (κ3) is 6.26. The second-order valence-electron chi connectivity index (χ2n) is 6.67. The average Bonchev–Trinajstić information content (AvgIpc) is 3.19. The van der Waals surface area contributed by atoms with E-state index >= 15 is 0 Å². The van der Waals surface area contributed by atoms with Gasteiger partial charge in [-0.3, -0.25) is 4.79 Å². The number of benzene rings is 2. The van der Waals surface area contributed by atoms with Crippen LogP contribution in [0.4, 0.5) is 0 Å². The van der Waals surface area contributed by atoms with Crippen LogP contribution in [0.15, 0.2) is 48.5 Å². The zero-order valence-electron chi connectivity index (χ0n) is 16.0. The maximum Gasteiger partial charge on any atom is 0.331 e. The van der Waals surface area contributed by atoms with E-state index in [0.29, 0.717) is 22.1 Å². The summed E-state index contributed by atoms with van der Waals surface area (Å²) in [5.74, 6) is 0.0585. The van der Waals surface area contributed by atoms with E-state index in [1.165, 1.54) is 17.7 Å². The molecule has 0 aromatic heterocycles. The number of carbonyl (C=O) groups is 2. The highest BCUT2D eigenvalue weighted by molar-refractivity contribution is 6.32. The summed E-state index contributed by atoms with van der Waals surface area (Å²) in [6, 6.07) is 13.4. The number of amides is 1. The number of fused-ring (bicyclic) bond motifs is 1. The highest BCUT2D eigenvalue weighted by Crippen LogP contribution is 2.40. The number of carbonyl (C=O) groups excluding carboxylic acids is 2. The van der Waals surface area contributed by atoms with Gasteiger partial charge in [0, 0.05) is 12.1 Å². The van der Waals surface area contributed by atoms with E-state index in [-0.39, 0.29) is 25.3 Å². The first-order chi connectivity index (χ1) is 14.0. The first-order valence-electron chi connectivity index (χ1n) is 9.28. The first-order valence-corrected chi connectivity index (χ1v) is 9.66. The quantitative estimate of drug-likeness (QED) is 0.525. The molecule has 2 aromatic carbocycles. The van der Waals surface area contributed by atoms with E-state index in [4.69, 9.17) is 25.8 Å². The molecule has 7 heteroatoms. The second-order valence-corrected chi connectivity index (χ2v) is 7.08. The van der Waals surface area contributed by atoms with Crippen molar-refractivity contribution >= 4 is 29.6 Å². The lowest BCUT2D eigenvalue weighted by molar-refractivity contribution is -0.144. The Morgan fingerprint density at radius 1 is 1.24 bits per heavy atom. The summed E-state index contributed by atoms with van der Waals surface area (Å²) in [7, 11) is 0. The molecule has 0 aliphatic carbocycles.